The first-order valence-corrected chi connectivity index (χ1v) is 11.3. The molecule has 28 heavy (non-hydrogen) atoms. The van der Waals surface area contributed by atoms with Crippen molar-refractivity contribution in [2.24, 2.45) is 0 Å². The quantitative estimate of drug-likeness (QED) is 0.557. The van der Waals surface area contributed by atoms with Gasteiger partial charge in [-0.05, 0) is 74.2 Å². The summed E-state index contributed by atoms with van der Waals surface area (Å²) >= 11 is 0. The maximum Gasteiger partial charge on any atom is 0.232 e. The third-order valence-corrected chi connectivity index (χ3v) is 6.17. The molecule has 0 aliphatic carbocycles. The molecule has 0 saturated carbocycles. The van der Waals surface area contributed by atoms with Crippen LogP contribution in [0.15, 0.2) is 54.6 Å². The van der Waals surface area contributed by atoms with Crippen LogP contribution in [0, 0.1) is 0 Å². The molecule has 5 nitrogen and oxygen atoms in total. The van der Waals surface area contributed by atoms with Gasteiger partial charge in [0.1, 0.15) is 0 Å². The number of carbonyl (C=O) groups is 1. The van der Waals surface area contributed by atoms with Crippen LogP contribution in [0.5, 0.6) is 0 Å². The van der Waals surface area contributed by atoms with Gasteiger partial charge in [-0.2, -0.15) is 0 Å². The highest BCUT2D eigenvalue weighted by atomic mass is 32.2. The van der Waals surface area contributed by atoms with E-state index in [1.54, 1.807) is 43.3 Å². The lowest BCUT2D eigenvalue weighted by molar-refractivity contribution is 0.104. The third kappa shape index (κ3) is 5.45. The molecular formula is C22H26N2O3S. The average molecular weight is 399 g/mol. The Morgan fingerprint density at radius 3 is 2.25 bits per heavy atom. The molecule has 0 unspecified atom stereocenters. The Labute approximate surface area is 167 Å². The number of anilines is 2. The first kappa shape index (κ1) is 20.1. The molecule has 1 aliphatic rings. The summed E-state index contributed by atoms with van der Waals surface area (Å²) in [6.07, 6.45) is 7.14. The van der Waals surface area contributed by atoms with Crippen molar-refractivity contribution in [1.82, 2.24) is 0 Å². The highest BCUT2D eigenvalue weighted by Crippen LogP contribution is 2.21. The topological polar surface area (TPSA) is 66.5 Å². The van der Waals surface area contributed by atoms with Crippen molar-refractivity contribution in [2.75, 3.05) is 28.5 Å². The zero-order valence-electron chi connectivity index (χ0n) is 16.1. The number of sulfonamides is 1. The van der Waals surface area contributed by atoms with Gasteiger partial charge in [-0.1, -0.05) is 18.2 Å². The van der Waals surface area contributed by atoms with Gasteiger partial charge in [0.05, 0.1) is 5.75 Å². The number of rotatable bonds is 7. The number of hydrogen-bond donors (Lipinski definition) is 1. The summed E-state index contributed by atoms with van der Waals surface area (Å²) in [6, 6.07) is 14.7. The Kier molecular flexibility index (Phi) is 6.52. The van der Waals surface area contributed by atoms with Crippen LogP contribution in [-0.4, -0.2) is 33.0 Å². The van der Waals surface area contributed by atoms with Gasteiger partial charge in [0.25, 0.3) is 0 Å². The minimum atomic E-state index is -3.32. The summed E-state index contributed by atoms with van der Waals surface area (Å²) in [5, 5.41) is 0. The minimum Gasteiger partial charge on any atom is -0.372 e. The van der Waals surface area contributed by atoms with E-state index in [2.05, 4.69) is 21.8 Å². The third-order valence-electron chi connectivity index (χ3n) is 4.86. The summed E-state index contributed by atoms with van der Waals surface area (Å²) in [6.45, 7) is 3.79. The van der Waals surface area contributed by atoms with Crippen molar-refractivity contribution in [3.63, 3.8) is 0 Å². The van der Waals surface area contributed by atoms with Gasteiger partial charge in [-0.3, -0.25) is 9.52 Å². The Balaban J connectivity index is 1.61. The predicted molar refractivity (Wildman–Crippen MR) is 115 cm³/mol. The molecule has 2 aromatic carbocycles. The molecule has 0 amide bonds. The molecule has 0 spiro atoms. The van der Waals surface area contributed by atoms with E-state index < -0.39 is 10.0 Å². The number of carbonyl (C=O) groups excluding carboxylic acids is 1. The van der Waals surface area contributed by atoms with Crippen LogP contribution < -0.4 is 9.62 Å². The lowest BCUT2D eigenvalue weighted by Crippen LogP contribution is -2.29. The van der Waals surface area contributed by atoms with Gasteiger partial charge in [0, 0.05) is 30.0 Å². The van der Waals surface area contributed by atoms with E-state index in [1.165, 1.54) is 24.9 Å². The van der Waals surface area contributed by atoms with Gasteiger partial charge >= 0.3 is 0 Å². The number of benzene rings is 2. The Morgan fingerprint density at radius 1 is 1.00 bits per heavy atom. The molecule has 2 aromatic rings. The molecule has 1 fully saturated rings. The number of piperidine rings is 1. The van der Waals surface area contributed by atoms with Gasteiger partial charge in [-0.25, -0.2) is 8.42 Å². The average Bonchev–Trinajstić information content (AvgIpc) is 2.73. The summed E-state index contributed by atoms with van der Waals surface area (Å²) in [7, 11) is -3.32. The zero-order valence-corrected chi connectivity index (χ0v) is 16.9. The van der Waals surface area contributed by atoms with Crippen molar-refractivity contribution in [3.05, 3.63) is 65.7 Å². The number of nitrogens with zero attached hydrogens (tertiary/aromatic N) is 1. The highest BCUT2D eigenvalue weighted by Gasteiger charge is 2.10. The Morgan fingerprint density at radius 2 is 1.64 bits per heavy atom. The van der Waals surface area contributed by atoms with Crippen LogP contribution in [-0.2, 0) is 10.0 Å². The summed E-state index contributed by atoms with van der Waals surface area (Å²) in [5.41, 5.74) is 3.17. The number of hydrogen-bond acceptors (Lipinski definition) is 4. The van der Waals surface area contributed by atoms with Crippen molar-refractivity contribution in [2.45, 2.75) is 26.2 Å². The first-order valence-electron chi connectivity index (χ1n) is 9.65. The molecule has 0 aromatic heterocycles. The Bertz CT molecular complexity index is 927. The molecule has 1 heterocycles. The molecule has 0 atom stereocenters. The molecule has 3 rings (SSSR count). The largest absolute Gasteiger partial charge is 0.372 e. The maximum absolute atomic E-state index is 12.4. The predicted octanol–water partition coefficient (Wildman–Crippen LogP) is 4.33. The van der Waals surface area contributed by atoms with Gasteiger partial charge in [-0.15, -0.1) is 0 Å². The standard InChI is InChI=1S/C22H26N2O3S/c1-2-28(26,27)23-20-11-9-19(10-12-20)22(25)15-8-18-6-13-21(14-7-18)24-16-4-3-5-17-24/h6-15,23H,2-5,16-17H2,1H3/b15-8+. The van der Waals surface area contributed by atoms with Crippen molar-refractivity contribution < 1.29 is 13.2 Å². The summed E-state index contributed by atoms with van der Waals surface area (Å²) in [4.78, 5) is 14.8. The SMILES string of the molecule is CCS(=O)(=O)Nc1ccc(C(=O)/C=C/c2ccc(N3CCCCC3)cc2)cc1. The first-order chi connectivity index (χ1) is 13.5. The normalized spacial score (nSPS) is 15.0. The fourth-order valence-corrected chi connectivity index (χ4v) is 3.81. The van der Waals surface area contributed by atoms with E-state index >= 15 is 0 Å². The van der Waals surface area contributed by atoms with E-state index in [-0.39, 0.29) is 11.5 Å². The zero-order chi connectivity index (χ0) is 20.0. The summed E-state index contributed by atoms with van der Waals surface area (Å²) in [5.74, 6) is -0.113. The molecule has 0 radical (unpaired) electrons. The number of allylic oxidation sites excluding steroid dienone is 1. The second-order valence-electron chi connectivity index (χ2n) is 6.92. The van der Waals surface area contributed by atoms with Gasteiger partial charge in [0.15, 0.2) is 5.78 Å². The number of ketones is 1. The molecular weight excluding hydrogens is 372 g/mol. The molecule has 0 bridgehead atoms. The van der Waals surface area contributed by atoms with Gasteiger partial charge in [0.2, 0.25) is 10.0 Å². The fourth-order valence-electron chi connectivity index (χ4n) is 3.17. The van der Waals surface area contributed by atoms with E-state index in [9.17, 15) is 13.2 Å². The van der Waals surface area contributed by atoms with Crippen molar-refractivity contribution >= 4 is 33.3 Å². The smallest absolute Gasteiger partial charge is 0.232 e. The van der Waals surface area contributed by atoms with Crippen molar-refractivity contribution in [1.29, 1.82) is 0 Å². The van der Waals surface area contributed by atoms with E-state index in [1.807, 2.05) is 12.1 Å². The molecule has 6 heteroatoms. The fraction of sp³-hybridized carbons (Fsp3) is 0.318. The van der Waals surface area contributed by atoms with Crippen LogP contribution in [0.4, 0.5) is 11.4 Å². The Hall–Kier alpha value is -2.60. The lowest BCUT2D eigenvalue weighted by Gasteiger charge is -2.28. The van der Waals surface area contributed by atoms with Crippen LogP contribution >= 0.6 is 0 Å². The van der Waals surface area contributed by atoms with E-state index in [0.29, 0.717) is 11.3 Å². The molecule has 1 aliphatic heterocycles. The van der Waals surface area contributed by atoms with E-state index in [4.69, 9.17) is 0 Å². The van der Waals surface area contributed by atoms with E-state index in [0.717, 1.165) is 18.7 Å². The van der Waals surface area contributed by atoms with Crippen LogP contribution in [0.1, 0.15) is 42.1 Å². The van der Waals surface area contributed by atoms with Crippen molar-refractivity contribution in [3.8, 4) is 0 Å². The maximum atomic E-state index is 12.4. The van der Waals surface area contributed by atoms with Crippen LogP contribution in [0.3, 0.4) is 0 Å². The molecule has 148 valence electrons. The molecule has 1 saturated heterocycles. The van der Waals surface area contributed by atoms with Crippen LogP contribution in [0.25, 0.3) is 6.08 Å². The minimum absolute atomic E-state index is 0.00691. The van der Waals surface area contributed by atoms with Crippen LogP contribution in [0.2, 0.25) is 0 Å². The highest BCUT2D eigenvalue weighted by molar-refractivity contribution is 7.92. The van der Waals surface area contributed by atoms with Gasteiger partial charge < -0.3 is 4.90 Å². The second kappa shape index (κ2) is 9.06. The second-order valence-corrected chi connectivity index (χ2v) is 8.93. The molecule has 1 N–H and O–H groups in total. The number of nitrogens with one attached hydrogen (secondary N) is 1. The lowest BCUT2D eigenvalue weighted by atomic mass is 10.1. The monoisotopic (exact) mass is 398 g/mol. The summed E-state index contributed by atoms with van der Waals surface area (Å²) < 4.78 is 25.6.